The molecule has 0 unspecified atom stereocenters. The molecule has 0 radical (unpaired) electrons. The zero-order valence-corrected chi connectivity index (χ0v) is 17.9. The Morgan fingerprint density at radius 2 is 2.18 bits per heavy atom. The van der Waals surface area contributed by atoms with Gasteiger partial charge in [-0.25, -0.2) is 4.98 Å². The summed E-state index contributed by atoms with van der Waals surface area (Å²) in [6.07, 6.45) is 5.61. The zero-order valence-electron chi connectivity index (χ0n) is 15.5. The maximum absolute atomic E-state index is 12.3. The van der Waals surface area contributed by atoms with Crippen LogP contribution < -0.4 is 5.32 Å². The van der Waals surface area contributed by atoms with Crippen LogP contribution in [-0.2, 0) is 30.6 Å². The van der Waals surface area contributed by atoms with Crippen molar-refractivity contribution in [3.05, 3.63) is 51.5 Å². The Kier molecular flexibility index (Phi) is 6.17. The average Bonchev–Trinajstić information content (AvgIpc) is 3.22. The van der Waals surface area contributed by atoms with Gasteiger partial charge in [0.05, 0.1) is 12.1 Å². The first kappa shape index (κ1) is 19.3. The quantitative estimate of drug-likeness (QED) is 0.608. The Hall–Kier alpha value is -2.06. The minimum Gasteiger partial charge on any atom is -0.355 e. The van der Waals surface area contributed by atoms with Gasteiger partial charge in [0.2, 0.25) is 5.91 Å². The van der Waals surface area contributed by atoms with Gasteiger partial charge in [0.1, 0.15) is 16.7 Å². The Bertz CT molecular complexity index is 967. The van der Waals surface area contributed by atoms with E-state index in [2.05, 4.69) is 41.0 Å². The van der Waals surface area contributed by atoms with Crippen LogP contribution in [0.4, 0.5) is 0 Å². The molecule has 0 atom stereocenters. The van der Waals surface area contributed by atoms with Crippen molar-refractivity contribution in [1.29, 1.82) is 0 Å². The predicted octanol–water partition coefficient (Wildman–Crippen LogP) is 3.79. The maximum Gasteiger partial charge on any atom is 0.226 e. The fourth-order valence-corrected chi connectivity index (χ4v) is 4.63. The second-order valence-corrected chi connectivity index (χ2v) is 8.70. The van der Waals surface area contributed by atoms with Crippen molar-refractivity contribution in [3.8, 4) is 10.6 Å². The molecule has 146 valence electrons. The van der Waals surface area contributed by atoms with E-state index in [0.717, 1.165) is 45.4 Å². The third kappa shape index (κ3) is 4.67. The molecule has 1 amide bonds. The van der Waals surface area contributed by atoms with Crippen LogP contribution in [0.25, 0.3) is 10.6 Å². The first-order valence-corrected chi connectivity index (χ1v) is 11.2. The number of rotatable bonds is 6. The van der Waals surface area contributed by atoms with Crippen molar-refractivity contribution >= 4 is 33.2 Å². The summed E-state index contributed by atoms with van der Waals surface area (Å²) in [4.78, 5) is 16.9. The van der Waals surface area contributed by atoms with E-state index >= 15 is 0 Å². The summed E-state index contributed by atoms with van der Waals surface area (Å²) in [6, 6.07) is 8.03. The van der Waals surface area contributed by atoms with Crippen LogP contribution in [0.2, 0.25) is 0 Å². The number of carbonyl (C=O) groups is 1. The SMILES string of the molecule is O=C(Cc1csc(-c2cccc(Br)c2)n1)NCCc1nnc2n1CCCCC2. The summed E-state index contributed by atoms with van der Waals surface area (Å²) in [5.41, 5.74) is 1.85. The molecular formula is C20H22BrN5OS. The minimum atomic E-state index is -0.0123. The van der Waals surface area contributed by atoms with Gasteiger partial charge in [0.15, 0.2) is 0 Å². The number of amides is 1. The molecule has 4 rings (SSSR count). The summed E-state index contributed by atoms with van der Waals surface area (Å²) in [5, 5.41) is 14.5. The fraction of sp³-hybridized carbons (Fsp3) is 0.400. The number of halogens is 1. The van der Waals surface area contributed by atoms with Gasteiger partial charge >= 0.3 is 0 Å². The molecule has 28 heavy (non-hydrogen) atoms. The van der Waals surface area contributed by atoms with Crippen LogP contribution in [0, 0.1) is 0 Å². The van der Waals surface area contributed by atoms with Crippen LogP contribution in [-0.4, -0.2) is 32.2 Å². The van der Waals surface area contributed by atoms with Crippen LogP contribution in [0.5, 0.6) is 0 Å². The Labute approximate surface area is 176 Å². The number of nitrogens with one attached hydrogen (secondary N) is 1. The molecule has 3 aromatic rings. The van der Waals surface area contributed by atoms with Gasteiger partial charge in [-0.05, 0) is 25.0 Å². The second kappa shape index (κ2) is 8.96. The standard InChI is InChI=1S/C20H22BrN5OS/c21-15-6-4-5-14(11-15)20-23-16(13-28-20)12-19(27)22-9-8-18-25-24-17-7-2-1-3-10-26(17)18/h4-6,11,13H,1-3,7-10,12H2,(H,22,27). The number of aryl methyl sites for hydroxylation is 1. The Morgan fingerprint density at radius 3 is 3.07 bits per heavy atom. The summed E-state index contributed by atoms with van der Waals surface area (Å²) in [7, 11) is 0. The van der Waals surface area contributed by atoms with Crippen LogP contribution in [0.3, 0.4) is 0 Å². The molecule has 2 aromatic heterocycles. The molecule has 0 aliphatic carbocycles. The highest BCUT2D eigenvalue weighted by Crippen LogP contribution is 2.26. The number of thiazole rings is 1. The van der Waals surface area contributed by atoms with Crippen LogP contribution in [0.1, 0.15) is 36.6 Å². The number of hydrogen-bond acceptors (Lipinski definition) is 5. The molecule has 0 fully saturated rings. The Balaban J connectivity index is 1.29. The third-order valence-corrected chi connectivity index (χ3v) is 6.26. The largest absolute Gasteiger partial charge is 0.355 e. The molecule has 1 N–H and O–H groups in total. The Morgan fingerprint density at radius 1 is 1.25 bits per heavy atom. The van der Waals surface area contributed by atoms with Gasteiger partial charge in [-0.2, -0.15) is 0 Å². The van der Waals surface area contributed by atoms with Crippen molar-refractivity contribution < 1.29 is 4.79 Å². The molecule has 1 aliphatic rings. The number of carbonyl (C=O) groups excluding carboxylic acids is 1. The normalized spacial score (nSPS) is 13.8. The average molecular weight is 460 g/mol. The molecule has 8 heteroatoms. The highest BCUT2D eigenvalue weighted by Gasteiger charge is 2.15. The number of hydrogen-bond donors (Lipinski definition) is 1. The summed E-state index contributed by atoms with van der Waals surface area (Å²) >= 11 is 5.04. The first-order valence-electron chi connectivity index (χ1n) is 9.57. The highest BCUT2D eigenvalue weighted by molar-refractivity contribution is 9.10. The first-order chi connectivity index (χ1) is 13.7. The zero-order chi connectivity index (χ0) is 19.3. The van der Waals surface area contributed by atoms with E-state index in [4.69, 9.17) is 0 Å². The van der Waals surface area contributed by atoms with Crippen molar-refractivity contribution in [2.24, 2.45) is 0 Å². The molecule has 1 aliphatic heterocycles. The minimum absolute atomic E-state index is 0.0123. The lowest BCUT2D eigenvalue weighted by atomic mass is 10.2. The van der Waals surface area contributed by atoms with Crippen molar-refractivity contribution in [3.63, 3.8) is 0 Å². The lowest BCUT2D eigenvalue weighted by Gasteiger charge is -2.07. The van der Waals surface area contributed by atoms with Crippen molar-refractivity contribution in [2.45, 2.75) is 45.1 Å². The van der Waals surface area contributed by atoms with E-state index in [9.17, 15) is 4.79 Å². The van der Waals surface area contributed by atoms with Gasteiger partial charge in [-0.1, -0.05) is 34.5 Å². The van der Waals surface area contributed by atoms with E-state index in [-0.39, 0.29) is 5.91 Å². The number of fused-ring (bicyclic) bond motifs is 1. The number of nitrogens with zero attached hydrogens (tertiary/aromatic N) is 4. The monoisotopic (exact) mass is 459 g/mol. The topological polar surface area (TPSA) is 72.7 Å². The molecular weight excluding hydrogens is 438 g/mol. The highest BCUT2D eigenvalue weighted by atomic mass is 79.9. The van der Waals surface area contributed by atoms with E-state index < -0.39 is 0 Å². The lowest BCUT2D eigenvalue weighted by Crippen LogP contribution is -2.28. The van der Waals surface area contributed by atoms with E-state index in [0.29, 0.717) is 19.4 Å². The fourth-order valence-electron chi connectivity index (χ4n) is 3.41. The van der Waals surface area contributed by atoms with Crippen molar-refractivity contribution in [1.82, 2.24) is 25.1 Å². The predicted molar refractivity (Wildman–Crippen MR) is 113 cm³/mol. The van der Waals surface area contributed by atoms with E-state index in [1.807, 2.05) is 29.6 Å². The van der Waals surface area contributed by atoms with Crippen LogP contribution >= 0.6 is 27.3 Å². The van der Waals surface area contributed by atoms with Crippen molar-refractivity contribution in [2.75, 3.05) is 6.54 Å². The van der Waals surface area contributed by atoms with E-state index in [1.54, 1.807) is 11.3 Å². The molecule has 0 saturated carbocycles. The molecule has 0 spiro atoms. The number of aromatic nitrogens is 4. The maximum atomic E-state index is 12.3. The van der Waals surface area contributed by atoms with Gasteiger partial charge in [-0.3, -0.25) is 4.79 Å². The summed E-state index contributed by atoms with van der Waals surface area (Å²) < 4.78 is 3.25. The molecule has 3 heterocycles. The third-order valence-electron chi connectivity index (χ3n) is 4.82. The van der Waals surface area contributed by atoms with Crippen LogP contribution in [0.15, 0.2) is 34.1 Å². The smallest absolute Gasteiger partial charge is 0.226 e. The molecule has 6 nitrogen and oxygen atoms in total. The van der Waals surface area contributed by atoms with Gasteiger partial charge in [0, 0.05) is 41.3 Å². The number of benzene rings is 1. The van der Waals surface area contributed by atoms with Gasteiger partial charge in [0.25, 0.3) is 0 Å². The van der Waals surface area contributed by atoms with E-state index in [1.165, 1.54) is 19.3 Å². The second-order valence-electron chi connectivity index (χ2n) is 6.93. The van der Waals surface area contributed by atoms with Gasteiger partial charge in [-0.15, -0.1) is 21.5 Å². The molecule has 0 saturated heterocycles. The molecule has 0 bridgehead atoms. The summed E-state index contributed by atoms with van der Waals surface area (Å²) in [5.74, 6) is 2.05. The summed E-state index contributed by atoms with van der Waals surface area (Å²) in [6.45, 7) is 1.56. The lowest BCUT2D eigenvalue weighted by molar-refractivity contribution is -0.120. The van der Waals surface area contributed by atoms with Gasteiger partial charge < -0.3 is 9.88 Å². The molecule has 1 aromatic carbocycles.